The van der Waals surface area contributed by atoms with Crippen molar-refractivity contribution in [2.24, 2.45) is 0 Å². The van der Waals surface area contributed by atoms with E-state index in [0.717, 1.165) is 11.3 Å². The molecule has 0 aliphatic carbocycles. The number of aromatic nitrogens is 2. The highest BCUT2D eigenvalue weighted by molar-refractivity contribution is 5.73. The molecule has 1 aromatic heterocycles. The standard InChI is InChI=1S/C15H18N4O2/c1-18(2)15(21)16-10-11-19-14(20)9-8-13(17-19)12-6-4-3-5-7-12/h3-9H,10-11H2,1-2H3,(H,16,21). The van der Waals surface area contributed by atoms with Crippen LogP contribution in [0.25, 0.3) is 11.3 Å². The monoisotopic (exact) mass is 286 g/mol. The Bertz CT molecular complexity index is 665. The van der Waals surface area contributed by atoms with E-state index in [1.54, 1.807) is 20.2 Å². The topological polar surface area (TPSA) is 67.2 Å². The van der Waals surface area contributed by atoms with E-state index in [4.69, 9.17) is 0 Å². The predicted octanol–water partition coefficient (Wildman–Crippen LogP) is 1.18. The van der Waals surface area contributed by atoms with Crippen molar-refractivity contribution in [3.8, 4) is 11.3 Å². The maximum atomic E-state index is 11.8. The fraction of sp³-hybridized carbons (Fsp3) is 0.267. The van der Waals surface area contributed by atoms with Gasteiger partial charge in [-0.2, -0.15) is 5.10 Å². The summed E-state index contributed by atoms with van der Waals surface area (Å²) in [5, 5.41) is 7.03. The van der Waals surface area contributed by atoms with Crippen LogP contribution in [0.4, 0.5) is 4.79 Å². The molecule has 1 aromatic carbocycles. The van der Waals surface area contributed by atoms with Gasteiger partial charge in [0.05, 0.1) is 12.2 Å². The van der Waals surface area contributed by atoms with Crippen molar-refractivity contribution in [2.45, 2.75) is 6.54 Å². The molecule has 2 rings (SSSR count). The third kappa shape index (κ3) is 3.92. The summed E-state index contributed by atoms with van der Waals surface area (Å²) in [6.45, 7) is 0.682. The Hall–Kier alpha value is -2.63. The van der Waals surface area contributed by atoms with Crippen molar-refractivity contribution in [3.63, 3.8) is 0 Å². The first-order valence-electron chi connectivity index (χ1n) is 6.66. The molecule has 0 atom stereocenters. The lowest BCUT2D eigenvalue weighted by atomic mass is 10.1. The number of carbonyl (C=O) groups excluding carboxylic acids is 1. The Labute approximate surface area is 123 Å². The molecule has 0 radical (unpaired) electrons. The zero-order valence-electron chi connectivity index (χ0n) is 12.1. The lowest BCUT2D eigenvalue weighted by Crippen LogP contribution is -2.37. The molecule has 0 aliphatic heterocycles. The highest BCUT2D eigenvalue weighted by atomic mass is 16.2. The fourth-order valence-electron chi connectivity index (χ4n) is 1.80. The van der Waals surface area contributed by atoms with Gasteiger partial charge in [-0.25, -0.2) is 9.48 Å². The van der Waals surface area contributed by atoms with E-state index in [-0.39, 0.29) is 11.6 Å². The van der Waals surface area contributed by atoms with Crippen LogP contribution in [0.5, 0.6) is 0 Å². The first-order valence-corrected chi connectivity index (χ1v) is 6.66. The zero-order valence-corrected chi connectivity index (χ0v) is 12.1. The van der Waals surface area contributed by atoms with Gasteiger partial charge in [0.15, 0.2) is 0 Å². The van der Waals surface area contributed by atoms with Crippen LogP contribution in [0.15, 0.2) is 47.3 Å². The maximum Gasteiger partial charge on any atom is 0.316 e. The highest BCUT2D eigenvalue weighted by Crippen LogP contribution is 2.13. The summed E-state index contributed by atoms with van der Waals surface area (Å²) in [7, 11) is 3.32. The summed E-state index contributed by atoms with van der Waals surface area (Å²) in [4.78, 5) is 24.6. The molecule has 21 heavy (non-hydrogen) atoms. The van der Waals surface area contributed by atoms with Gasteiger partial charge in [0.25, 0.3) is 5.56 Å². The summed E-state index contributed by atoms with van der Waals surface area (Å²) in [5.74, 6) is 0. The summed E-state index contributed by atoms with van der Waals surface area (Å²) >= 11 is 0. The van der Waals surface area contributed by atoms with Crippen LogP contribution in [-0.4, -0.2) is 41.4 Å². The van der Waals surface area contributed by atoms with Crippen LogP contribution in [0.3, 0.4) is 0 Å². The molecule has 6 nitrogen and oxygen atoms in total. The van der Waals surface area contributed by atoms with Crippen LogP contribution in [0, 0.1) is 0 Å². The number of amides is 2. The Morgan fingerprint density at radius 1 is 1.19 bits per heavy atom. The molecule has 6 heteroatoms. The minimum Gasteiger partial charge on any atom is -0.336 e. The fourth-order valence-corrected chi connectivity index (χ4v) is 1.80. The Balaban J connectivity index is 2.10. The number of urea groups is 1. The summed E-state index contributed by atoms with van der Waals surface area (Å²) in [5.41, 5.74) is 1.49. The molecular weight excluding hydrogens is 268 g/mol. The van der Waals surface area contributed by atoms with Crippen molar-refractivity contribution in [3.05, 3.63) is 52.8 Å². The largest absolute Gasteiger partial charge is 0.336 e. The van der Waals surface area contributed by atoms with Crippen molar-refractivity contribution in [1.82, 2.24) is 20.0 Å². The van der Waals surface area contributed by atoms with Gasteiger partial charge < -0.3 is 10.2 Å². The van der Waals surface area contributed by atoms with Crippen molar-refractivity contribution in [2.75, 3.05) is 20.6 Å². The second-order valence-electron chi connectivity index (χ2n) is 4.77. The van der Waals surface area contributed by atoms with Gasteiger partial charge in [-0.15, -0.1) is 0 Å². The maximum absolute atomic E-state index is 11.8. The van der Waals surface area contributed by atoms with E-state index in [9.17, 15) is 9.59 Å². The molecule has 0 bridgehead atoms. The SMILES string of the molecule is CN(C)C(=O)NCCn1nc(-c2ccccc2)ccc1=O. The number of rotatable bonds is 4. The van der Waals surface area contributed by atoms with E-state index in [1.807, 2.05) is 30.3 Å². The quantitative estimate of drug-likeness (QED) is 0.917. The molecular formula is C15H18N4O2. The van der Waals surface area contributed by atoms with E-state index in [2.05, 4.69) is 10.4 Å². The normalized spacial score (nSPS) is 10.2. The van der Waals surface area contributed by atoms with Gasteiger partial charge in [-0.1, -0.05) is 30.3 Å². The summed E-state index contributed by atoms with van der Waals surface area (Å²) in [6, 6.07) is 12.6. The molecule has 0 saturated carbocycles. The van der Waals surface area contributed by atoms with Gasteiger partial charge in [-0.05, 0) is 6.07 Å². The molecule has 0 aliphatic rings. The predicted molar refractivity (Wildman–Crippen MR) is 81.0 cm³/mol. The van der Waals surface area contributed by atoms with Gasteiger partial charge in [0.2, 0.25) is 0 Å². The minimum absolute atomic E-state index is 0.186. The molecule has 0 fully saturated rings. The van der Waals surface area contributed by atoms with Gasteiger partial charge >= 0.3 is 6.03 Å². The van der Waals surface area contributed by atoms with E-state index >= 15 is 0 Å². The second kappa shape index (κ2) is 6.69. The molecule has 0 spiro atoms. The number of nitrogens with one attached hydrogen (secondary N) is 1. The number of hydrogen-bond donors (Lipinski definition) is 1. The Morgan fingerprint density at radius 2 is 1.90 bits per heavy atom. The second-order valence-corrected chi connectivity index (χ2v) is 4.77. The molecule has 0 saturated heterocycles. The van der Waals surface area contributed by atoms with Gasteiger partial charge in [-0.3, -0.25) is 4.79 Å². The van der Waals surface area contributed by atoms with Crippen molar-refractivity contribution < 1.29 is 4.79 Å². The van der Waals surface area contributed by atoms with Crippen LogP contribution in [0.2, 0.25) is 0 Å². The zero-order chi connectivity index (χ0) is 15.2. The van der Waals surface area contributed by atoms with E-state index < -0.39 is 0 Å². The highest BCUT2D eigenvalue weighted by Gasteiger charge is 2.05. The molecule has 2 aromatic rings. The third-order valence-corrected chi connectivity index (χ3v) is 2.94. The molecule has 2 amide bonds. The average molecular weight is 286 g/mol. The van der Waals surface area contributed by atoms with Crippen LogP contribution < -0.4 is 10.9 Å². The van der Waals surface area contributed by atoms with Crippen LogP contribution in [-0.2, 0) is 6.54 Å². The first-order chi connectivity index (χ1) is 10.1. The number of benzene rings is 1. The minimum atomic E-state index is -0.192. The van der Waals surface area contributed by atoms with Crippen molar-refractivity contribution in [1.29, 1.82) is 0 Å². The number of hydrogen-bond acceptors (Lipinski definition) is 3. The van der Waals surface area contributed by atoms with E-state index in [0.29, 0.717) is 13.1 Å². The summed E-state index contributed by atoms with van der Waals surface area (Å²) in [6.07, 6.45) is 0. The molecule has 0 unspecified atom stereocenters. The molecule has 110 valence electrons. The van der Waals surface area contributed by atoms with Gasteiger partial charge in [0.1, 0.15) is 0 Å². The summed E-state index contributed by atoms with van der Waals surface area (Å²) < 4.78 is 1.36. The van der Waals surface area contributed by atoms with E-state index in [1.165, 1.54) is 15.6 Å². The average Bonchev–Trinajstić information content (AvgIpc) is 2.49. The third-order valence-electron chi connectivity index (χ3n) is 2.94. The first kappa shape index (κ1) is 14.8. The van der Waals surface area contributed by atoms with Crippen molar-refractivity contribution >= 4 is 6.03 Å². The smallest absolute Gasteiger partial charge is 0.316 e. The van der Waals surface area contributed by atoms with Crippen LogP contribution in [0.1, 0.15) is 0 Å². The molecule has 1 N–H and O–H groups in total. The van der Waals surface area contributed by atoms with Crippen LogP contribution >= 0.6 is 0 Å². The number of nitrogens with zero attached hydrogens (tertiary/aromatic N) is 3. The Kier molecular flexibility index (Phi) is 4.71. The lowest BCUT2D eigenvalue weighted by Gasteiger charge is -2.12. The Morgan fingerprint density at radius 3 is 2.57 bits per heavy atom. The molecule has 1 heterocycles. The lowest BCUT2D eigenvalue weighted by molar-refractivity contribution is 0.217. The number of carbonyl (C=O) groups is 1. The van der Waals surface area contributed by atoms with Gasteiger partial charge in [0, 0.05) is 32.3 Å².